The fourth-order valence-electron chi connectivity index (χ4n) is 3.35. The molecular formula is C20H22F2N2O2S. The number of hydrogen-bond acceptors (Lipinski definition) is 4. The van der Waals surface area contributed by atoms with Gasteiger partial charge in [0.25, 0.3) is 0 Å². The lowest BCUT2D eigenvalue weighted by atomic mass is 10.1. The molecule has 1 unspecified atom stereocenters. The lowest BCUT2D eigenvalue weighted by molar-refractivity contribution is -0.137. The Morgan fingerprint density at radius 1 is 1.33 bits per heavy atom. The molecule has 27 heavy (non-hydrogen) atoms. The maximum Gasteiger partial charge on any atom is 0.303 e. The number of aliphatic carboxylic acids is 1. The summed E-state index contributed by atoms with van der Waals surface area (Å²) >= 11 is 1.59. The van der Waals surface area contributed by atoms with Crippen LogP contribution < -0.4 is 4.90 Å². The van der Waals surface area contributed by atoms with Gasteiger partial charge in [0.2, 0.25) is 0 Å². The van der Waals surface area contributed by atoms with Crippen molar-refractivity contribution in [3.05, 3.63) is 42.0 Å². The summed E-state index contributed by atoms with van der Waals surface area (Å²) in [7, 11) is 0. The van der Waals surface area contributed by atoms with E-state index in [1.54, 1.807) is 22.7 Å². The third-order valence-electron chi connectivity index (χ3n) is 4.46. The number of thioether (sulfide) groups is 1. The van der Waals surface area contributed by atoms with Crippen LogP contribution >= 0.6 is 11.8 Å². The number of carboxylic acid groups (broad SMARTS) is 1. The number of hydrogen-bond donors (Lipinski definition) is 1. The van der Waals surface area contributed by atoms with Gasteiger partial charge < -0.3 is 10.0 Å². The van der Waals surface area contributed by atoms with Crippen LogP contribution in [0.5, 0.6) is 0 Å². The Bertz CT molecular complexity index is 821. The fourth-order valence-corrected chi connectivity index (χ4v) is 4.14. The van der Waals surface area contributed by atoms with Crippen molar-refractivity contribution in [2.45, 2.75) is 37.0 Å². The second-order valence-corrected chi connectivity index (χ2v) is 8.61. The maximum absolute atomic E-state index is 14.7. The van der Waals surface area contributed by atoms with E-state index >= 15 is 0 Å². The molecule has 1 aliphatic heterocycles. The predicted octanol–water partition coefficient (Wildman–Crippen LogP) is 4.83. The number of nitrogens with zero attached hydrogens (tertiary/aromatic N) is 2. The molecule has 0 bridgehead atoms. The van der Waals surface area contributed by atoms with Gasteiger partial charge in [0.05, 0.1) is 10.7 Å². The van der Waals surface area contributed by atoms with Crippen LogP contribution in [0.1, 0.15) is 26.7 Å². The molecule has 4 nitrogen and oxygen atoms in total. The number of rotatable bonds is 6. The van der Waals surface area contributed by atoms with E-state index < -0.39 is 17.6 Å². The maximum atomic E-state index is 14.7. The fraction of sp³-hybridized carbons (Fsp3) is 0.400. The molecule has 1 atom stereocenters. The Balaban J connectivity index is 1.85. The molecule has 3 rings (SSSR count). The van der Waals surface area contributed by atoms with Gasteiger partial charge in [-0.25, -0.2) is 13.8 Å². The Labute approximate surface area is 161 Å². The second kappa shape index (κ2) is 8.25. The van der Waals surface area contributed by atoms with Crippen molar-refractivity contribution < 1.29 is 18.7 Å². The molecule has 0 radical (unpaired) electrons. The topological polar surface area (TPSA) is 53.4 Å². The minimum atomic E-state index is -0.886. The van der Waals surface area contributed by atoms with Crippen molar-refractivity contribution in [2.24, 2.45) is 5.92 Å². The van der Waals surface area contributed by atoms with Gasteiger partial charge in [0.1, 0.15) is 17.3 Å². The molecule has 1 aliphatic rings. The molecule has 1 saturated heterocycles. The van der Waals surface area contributed by atoms with Crippen LogP contribution in [0.3, 0.4) is 0 Å². The lowest BCUT2D eigenvalue weighted by Gasteiger charge is -2.20. The summed E-state index contributed by atoms with van der Waals surface area (Å²) < 4.78 is 29.4. The van der Waals surface area contributed by atoms with Crippen LogP contribution in [-0.4, -0.2) is 34.4 Å². The Kier molecular flexibility index (Phi) is 5.99. The first-order chi connectivity index (χ1) is 12.8. The zero-order valence-corrected chi connectivity index (χ0v) is 16.1. The van der Waals surface area contributed by atoms with Crippen molar-refractivity contribution in [1.29, 1.82) is 0 Å². The van der Waals surface area contributed by atoms with Crippen LogP contribution in [0.2, 0.25) is 0 Å². The normalized spacial score (nSPS) is 16.9. The smallest absolute Gasteiger partial charge is 0.303 e. The van der Waals surface area contributed by atoms with E-state index in [4.69, 9.17) is 5.11 Å². The summed E-state index contributed by atoms with van der Waals surface area (Å²) in [5.74, 6) is -2.27. The quantitative estimate of drug-likeness (QED) is 0.714. The molecule has 1 aromatic heterocycles. The van der Waals surface area contributed by atoms with E-state index in [0.717, 1.165) is 5.03 Å². The first-order valence-electron chi connectivity index (χ1n) is 8.93. The first kappa shape index (κ1) is 19.6. The van der Waals surface area contributed by atoms with E-state index in [1.807, 2.05) is 12.1 Å². The van der Waals surface area contributed by atoms with Crippen molar-refractivity contribution in [1.82, 2.24) is 4.98 Å². The van der Waals surface area contributed by atoms with Crippen molar-refractivity contribution in [2.75, 3.05) is 18.0 Å². The monoisotopic (exact) mass is 392 g/mol. The molecule has 2 aromatic rings. The van der Waals surface area contributed by atoms with Gasteiger partial charge in [-0.1, -0.05) is 19.9 Å². The van der Waals surface area contributed by atoms with E-state index in [2.05, 4.69) is 18.8 Å². The standard InChI is InChI=1S/C20H22F2N2O2S/c1-12(2)27-18-5-3-4-17(23-18)14-9-15(21)20(16(22)10-14)24-7-6-13(11-24)8-19(25)26/h3-5,9-10,12-13H,6-8,11H2,1-2H3,(H,25,26). The number of halogens is 2. The number of benzene rings is 1. The molecule has 2 heterocycles. The number of anilines is 1. The lowest BCUT2D eigenvalue weighted by Crippen LogP contribution is -2.23. The third kappa shape index (κ3) is 4.77. The van der Waals surface area contributed by atoms with Gasteiger partial charge in [-0.05, 0) is 36.6 Å². The molecule has 1 N–H and O–H groups in total. The van der Waals surface area contributed by atoms with Crippen molar-refractivity contribution >= 4 is 23.4 Å². The van der Waals surface area contributed by atoms with Crippen LogP contribution in [0.25, 0.3) is 11.3 Å². The zero-order chi connectivity index (χ0) is 19.6. The zero-order valence-electron chi connectivity index (χ0n) is 15.3. The molecule has 0 aliphatic carbocycles. The third-order valence-corrected chi connectivity index (χ3v) is 5.40. The van der Waals surface area contributed by atoms with Crippen LogP contribution in [0.4, 0.5) is 14.5 Å². The highest BCUT2D eigenvalue weighted by Crippen LogP contribution is 2.34. The van der Waals surface area contributed by atoms with E-state index in [9.17, 15) is 13.6 Å². The minimum Gasteiger partial charge on any atom is -0.481 e. The highest BCUT2D eigenvalue weighted by atomic mass is 32.2. The summed E-state index contributed by atoms with van der Waals surface area (Å²) in [6, 6.07) is 8.04. The summed E-state index contributed by atoms with van der Waals surface area (Å²) in [4.78, 5) is 16.9. The highest BCUT2D eigenvalue weighted by Gasteiger charge is 2.28. The largest absolute Gasteiger partial charge is 0.481 e. The van der Waals surface area contributed by atoms with Gasteiger partial charge in [-0.2, -0.15) is 0 Å². The summed E-state index contributed by atoms with van der Waals surface area (Å²) in [6.07, 6.45) is 0.630. The molecule has 144 valence electrons. The molecular weight excluding hydrogens is 370 g/mol. The van der Waals surface area contributed by atoms with Gasteiger partial charge in [0.15, 0.2) is 0 Å². The minimum absolute atomic E-state index is 0.0159. The number of aromatic nitrogens is 1. The molecule has 1 fully saturated rings. The Morgan fingerprint density at radius 2 is 2.04 bits per heavy atom. The Hall–Kier alpha value is -2.15. The van der Waals surface area contributed by atoms with Gasteiger partial charge in [-0.15, -0.1) is 11.8 Å². The summed E-state index contributed by atoms with van der Waals surface area (Å²) in [6.45, 7) is 4.91. The van der Waals surface area contributed by atoms with Crippen molar-refractivity contribution in [3.63, 3.8) is 0 Å². The van der Waals surface area contributed by atoms with E-state index in [0.29, 0.717) is 36.0 Å². The van der Waals surface area contributed by atoms with Crippen LogP contribution in [0.15, 0.2) is 35.4 Å². The van der Waals surface area contributed by atoms with Gasteiger partial charge in [-0.3, -0.25) is 4.79 Å². The molecule has 1 aromatic carbocycles. The molecule has 0 amide bonds. The molecule has 7 heteroatoms. The summed E-state index contributed by atoms with van der Waals surface area (Å²) in [5, 5.41) is 10.1. The summed E-state index contributed by atoms with van der Waals surface area (Å²) in [5.41, 5.74) is 0.829. The number of carbonyl (C=O) groups is 1. The average Bonchev–Trinajstić information content (AvgIpc) is 3.01. The predicted molar refractivity (Wildman–Crippen MR) is 103 cm³/mol. The Morgan fingerprint density at radius 3 is 2.67 bits per heavy atom. The van der Waals surface area contributed by atoms with E-state index in [1.165, 1.54) is 12.1 Å². The van der Waals surface area contributed by atoms with Crippen LogP contribution in [-0.2, 0) is 4.79 Å². The SMILES string of the molecule is CC(C)Sc1cccc(-c2cc(F)c(N3CCC(CC(=O)O)C3)c(F)c2)n1. The number of carboxylic acids is 1. The van der Waals surface area contributed by atoms with Gasteiger partial charge >= 0.3 is 5.97 Å². The van der Waals surface area contributed by atoms with E-state index in [-0.39, 0.29) is 18.0 Å². The second-order valence-electron chi connectivity index (χ2n) is 7.01. The number of pyridine rings is 1. The average molecular weight is 392 g/mol. The van der Waals surface area contributed by atoms with Crippen molar-refractivity contribution in [3.8, 4) is 11.3 Å². The highest BCUT2D eigenvalue weighted by molar-refractivity contribution is 7.99. The van der Waals surface area contributed by atoms with Gasteiger partial charge in [0, 0.05) is 30.3 Å². The molecule has 0 spiro atoms. The van der Waals surface area contributed by atoms with Crippen LogP contribution in [0, 0.1) is 17.6 Å². The first-order valence-corrected chi connectivity index (χ1v) is 9.81. The molecule has 0 saturated carbocycles.